The minimum absolute atomic E-state index is 0.00933. The molecule has 0 saturated carbocycles. The van der Waals surface area contributed by atoms with Gasteiger partial charge in [0.2, 0.25) is 0 Å². The van der Waals surface area contributed by atoms with E-state index in [1.54, 1.807) is 18.4 Å². The summed E-state index contributed by atoms with van der Waals surface area (Å²) in [5.74, 6) is -2.34. The number of halogens is 2. The standard InChI is InChI=1S/C20H18F2N2O3S/c21-20(22)28-19-17(7-2-8-23-19)18(25)24-11-14-4-1-5-15(10-14)12-26-13-16-6-3-9-27-16/h1-10,20H,11-13H2,(H,24,25). The molecule has 5 nitrogen and oxygen atoms in total. The normalized spacial score (nSPS) is 11.0. The van der Waals surface area contributed by atoms with E-state index < -0.39 is 11.7 Å². The van der Waals surface area contributed by atoms with E-state index in [0.717, 1.165) is 16.9 Å². The van der Waals surface area contributed by atoms with Crippen LogP contribution in [0.25, 0.3) is 0 Å². The maximum absolute atomic E-state index is 12.6. The monoisotopic (exact) mass is 404 g/mol. The lowest BCUT2D eigenvalue weighted by Gasteiger charge is -2.10. The molecule has 0 saturated heterocycles. The summed E-state index contributed by atoms with van der Waals surface area (Å²) >= 11 is 0.256. The highest BCUT2D eigenvalue weighted by Gasteiger charge is 2.16. The summed E-state index contributed by atoms with van der Waals surface area (Å²) < 4.78 is 36.1. The SMILES string of the molecule is O=C(NCc1cccc(COCc2ccco2)c1)c1cccnc1SC(F)F. The Labute approximate surface area is 165 Å². The predicted octanol–water partition coefficient (Wildman–Crippen LogP) is 4.64. The van der Waals surface area contributed by atoms with Crippen LogP contribution in [-0.4, -0.2) is 16.6 Å². The van der Waals surface area contributed by atoms with E-state index in [4.69, 9.17) is 9.15 Å². The van der Waals surface area contributed by atoms with Gasteiger partial charge in [0.1, 0.15) is 17.4 Å². The topological polar surface area (TPSA) is 64.4 Å². The first kappa shape index (κ1) is 20.0. The van der Waals surface area contributed by atoms with E-state index in [1.807, 2.05) is 30.3 Å². The molecule has 146 valence electrons. The summed E-state index contributed by atoms with van der Waals surface area (Å²) in [6, 6.07) is 14.2. The number of ether oxygens (including phenoxy) is 1. The van der Waals surface area contributed by atoms with Gasteiger partial charge in [-0.25, -0.2) is 4.98 Å². The Balaban J connectivity index is 1.55. The molecule has 2 aromatic heterocycles. The Morgan fingerprint density at radius 2 is 2.00 bits per heavy atom. The lowest BCUT2D eigenvalue weighted by atomic mass is 10.1. The third kappa shape index (κ3) is 5.90. The molecule has 3 aromatic rings. The van der Waals surface area contributed by atoms with Gasteiger partial charge in [-0.2, -0.15) is 8.78 Å². The third-order valence-corrected chi connectivity index (χ3v) is 4.48. The molecule has 0 bridgehead atoms. The summed E-state index contributed by atoms with van der Waals surface area (Å²) in [6.07, 6.45) is 2.98. The Hall–Kier alpha value is -2.71. The fourth-order valence-electron chi connectivity index (χ4n) is 2.51. The minimum atomic E-state index is -2.64. The highest BCUT2D eigenvalue weighted by Crippen LogP contribution is 2.26. The molecule has 0 spiro atoms. The van der Waals surface area contributed by atoms with E-state index in [9.17, 15) is 13.6 Å². The van der Waals surface area contributed by atoms with E-state index >= 15 is 0 Å². The van der Waals surface area contributed by atoms with E-state index in [-0.39, 0.29) is 28.9 Å². The molecule has 1 N–H and O–H groups in total. The second-order valence-electron chi connectivity index (χ2n) is 5.81. The lowest BCUT2D eigenvalue weighted by Crippen LogP contribution is -2.23. The summed E-state index contributed by atoms with van der Waals surface area (Å²) in [5.41, 5.74) is 1.96. The number of pyridine rings is 1. The summed E-state index contributed by atoms with van der Waals surface area (Å²) in [4.78, 5) is 16.2. The van der Waals surface area contributed by atoms with Gasteiger partial charge in [-0.3, -0.25) is 4.79 Å². The van der Waals surface area contributed by atoms with Crippen molar-refractivity contribution in [3.05, 3.63) is 83.4 Å². The first-order valence-electron chi connectivity index (χ1n) is 8.48. The molecule has 0 aliphatic rings. The van der Waals surface area contributed by atoms with Crippen molar-refractivity contribution in [3.8, 4) is 0 Å². The van der Waals surface area contributed by atoms with Crippen LogP contribution >= 0.6 is 11.8 Å². The molecule has 8 heteroatoms. The van der Waals surface area contributed by atoms with Crippen LogP contribution in [0, 0.1) is 0 Å². The predicted molar refractivity (Wildman–Crippen MR) is 101 cm³/mol. The van der Waals surface area contributed by atoms with Crippen molar-refractivity contribution in [2.75, 3.05) is 0 Å². The van der Waals surface area contributed by atoms with Crippen molar-refractivity contribution in [3.63, 3.8) is 0 Å². The average molecular weight is 404 g/mol. The van der Waals surface area contributed by atoms with Gasteiger partial charge in [-0.1, -0.05) is 24.3 Å². The molecule has 28 heavy (non-hydrogen) atoms. The number of furan rings is 1. The smallest absolute Gasteiger partial charge is 0.290 e. The number of nitrogens with one attached hydrogen (secondary N) is 1. The second kappa shape index (κ2) is 10.0. The summed E-state index contributed by atoms with van der Waals surface area (Å²) in [6.45, 7) is 1.04. The first-order valence-corrected chi connectivity index (χ1v) is 9.36. The van der Waals surface area contributed by atoms with E-state index in [0.29, 0.717) is 13.2 Å². The van der Waals surface area contributed by atoms with Gasteiger partial charge in [0, 0.05) is 12.7 Å². The van der Waals surface area contributed by atoms with Crippen LogP contribution in [0.4, 0.5) is 8.78 Å². The molecule has 0 atom stereocenters. The molecule has 0 aliphatic carbocycles. The molecular weight excluding hydrogens is 386 g/mol. The molecular formula is C20H18F2N2O3S. The van der Waals surface area contributed by atoms with Gasteiger partial charge in [0.25, 0.3) is 11.7 Å². The number of alkyl halides is 2. The molecule has 0 aliphatic heterocycles. The fourth-order valence-corrected chi connectivity index (χ4v) is 3.09. The number of aromatic nitrogens is 1. The van der Waals surface area contributed by atoms with Gasteiger partial charge < -0.3 is 14.5 Å². The second-order valence-corrected chi connectivity index (χ2v) is 6.79. The van der Waals surface area contributed by atoms with Crippen molar-refractivity contribution in [2.45, 2.75) is 30.5 Å². The number of hydrogen-bond donors (Lipinski definition) is 1. The van der Waals surface area contributed by atoms with Crippen molar-refractivity contribution in [1.82, 2.24) is 10.3 Å². The minimum Gasteiger partial charge on any atom is -0.467 e. The van der Waals surface area contributed by atoms with Crippen LogP contribution in [-0.2, 0) is 24.5 Å². The molecule has 1 amide bonds. The Morgan fingerprint density at radius 1 is 1.14 bits per heavy atom. The highest BCUT2D eigenvalue weighted by atomic mass is 32.2. The van der Waals surface area contributed by atoms with E-state index in [2.05, 4.69) is 10.3 Å². The number of thioether (sulfide) groups is 1. The molecule has 2 heterocycles. The Bertz CT molecular complexity index is 904. The maximum Gasteiger partial charge on any atom is 0.290 e. The zero-order chi connectivity index (χ0) is 19.8. The zero-order valence-electron chi connectivity index (χ0n) is 14.8. The number of carbonyl (C=O) groups excluding carboxylic acids is 1. The third-order valence-electron chi connectivity index (χ3n) is 3.75. The van der Waals surface area contributed by atoms with Crippen molar-refractivity contribution in [2.24, 2.45) is 0 Å². The average Bonchev–Trinajstić information content (AvgIpc) is 3.20. The van der Waals surface area contributed by atoms with Crippen molar-refractivity contribution < 1.29 is 22.7 Å². The number of carbonyl (C=O) groups is 1. The van der Waals surface area contributed by atoms with Crippen LogP contribution in [0.5, 0.6) is 0 Å². The molecule has 3 rings (SSSR count). The van der Waals surface area contributed by atoms with Crippen LogP contribution < -0.4 is 5.32 Å². The largest absolute Gasteiger partial charge is 0.467 e. The number of benzene rings is 1. The highest BCUT2D eigenvalue weighted by molar-refractivity contribution is 7.99. The van der Waals surface area contributed by atoms with Gasteiger partial charge in [0.15, 0.2) is 0 Å². The molecule has 0 fully saturated rings. The van der Waals surface area contributed by atoms with Crippen molar-refractivity contribution in [1.29, 1.82) is 0 Å². The van der Waals surface area contributed by atoms with Gasteiger partial charge in [-0.15, -0.1) is 0 Å². The number of amides is 1. The zero-order valence-corrected chi connectivity index (χ0v) is 15.6. The number of hydrogen-bond acceptors (Lipinski definition) is 5. The maximum atomic E-state index is 12.6. The Morgan fingerprint density at radius 3 is 2.79 bits per heavy atom. The number of nitrogens with zero attached hydrogens (tertiary/aromatic N) is 1. The van der Waals surface area contributed by atoms with Gasteiger partial charge in [0.05, 0.1) is 18.4 Å². The fraction of sp³-hybridized carbons (Fsp3) is 0.200. The molecule has 1 aromatic carbocycles. The van der Waals surface area contributed by atoms with Gasteiger partial charge >= 0.3 is 0 Å². The molecule has 0 radical (unpaired) electrons. The number of rotatable bonds is 9. The van der Waals surface area contributed by atoms with Crippen LogP contribution in [0.15, 0.2) is 70.4 Å². The Kier molecular flexibility index (Phi) is 7.16. The quantitative estimate of drug-likeness (QED) is 0.527. The summed E-state index contributed by atoms with van der Waals surface area (Å²) in [7, 11) is 0. The van der Waals surface area contributed by atoms with E-state index in [1.165, 1.54) is 12.3 Å². The summed E-state index contributed by atoms with van der Waals surface area (Å²) in [5, 5.41) is 2.75. The van der Waals surface area contributed by atoms with Gasteiger partial charge in [-0.05, 0) is 47.2 Å². The lowest BCUT2D eigenvalue weighted by molar-refractivity contribution is 0.0928. The van der Waals surface area contributed by atoms with Crippen LogP contribution in [0.3, 0.4) is 0 Å². The first-order chi connectivity index (χ1) is 13.6. The van der Waals surface area contributed by atoms with Crippen LogP contribution in [0.1, 0.15) is 27.2 Å². The van der Waals surface area contributed by atoms with Crippen molar-refractivity contribution >= 4 is 17.7 Å². The van der Waals surface area contributed by atoms with Crippen LogP contribution in [0.2, 0.25) is 0 Å². The molecule has 0 unspecified atom stereocenters.